The molecule has 0 radical (unpaired) electrons. The molecular weight excluding hydrogens is 388 g/mol. The zero-order chi connectivity index (χ0) is 22.1. The number of methoxy groups -OCH3 is 2. The van der Waals surface area contributed by atoms with Crippen molar-refractivity contribution in [3.05, 3.63) is 59.7 Å². The first-order valence-corrected chi connectivity index (χ1v) is 9.03. The molecule has 2 aromatic carbocycles. The summed E-state index contributed by atoms with van der Waals surface area (Å²) in [5, 5.41) is 2.60. The summed E-state index contributed by atoms with van der Waals surface area (Å²) in [6.45, 7) is -0.448. The Morgan fingerprint density at radius 3 is 2.30 bits per heavy atom. The molecule has 0 spiro atoms. The van der Waals surface area contributed by atoms with Crippen LogP contribution in [0.25, 0.3) is 6.08 Å². The lowest BCUT2D eigenvalue weighted by Crippen LogP contribution is -2.22. The highest BCUT2D eigenvalue weighted by atomic mass is 16.5. The monoisotopic (exact) mass is 412 g/mol. The van der Waals surface area contributed by atoms with E-state index in [1.54, 1.807) is 56.6 Å². The van der Waals surface area contributed by atoms with Crippen molar-refractivity contribution in [3.8, 4) is 11.5 Å². The van der Waals surface area contributed by atoms with Crippen molar-refractivity contribution in [2.45, 2.75) is 0 Å². The van der Waals surface area contributed by atoms with Gasteiger partial charge in [-0.25, -0.2) is 4.79 Å². The second-order valence-corrected chi connectivity index (χ2v) is 6.35. The Kier molecular flexibility index (Phi) is 7.99. The van der Waals surface area contributed by atoms with Crippen LogP contribution in [0.3, 0.4) is 0 Å². The SMILES string of the molecule is COc1cccc(/C=C/C(=O)OCC(=O)Nc2ccc(C(=O)N(C)C)cc2)c1OC. The molecule has 0 saturated heterocycles. The number of rotatable bonds is 8. The van der Waals surface area contributed by atoms with Crippen molar-refractivity contribution in [2.24, 2.45) is 0 Å². The predicted molar refractivity (Wildman–Crippen MR) is 113 cm³/mol. The highest BCUT2D eigenvalue weighted by molar-refractivity contribution is 5.96. The molecule has 0 saturated carbocycles. The quantitative estimate of drug-likeness (QED) is 0.529. The average molecular weight is 412 g/mol. The minimum Gasteiger partial charge on any atom is -0.493 e. The van der Waals surface area contributed by atoms with Crippen LogP contribution in [0.5, 0.6) is 11.5 Å². The van der Waals surface area contributed by atoms with E-state index < -0.39 is 18.5 Å². The van der Waals surface area contributed by atoms with E-state index in [0.717, 1.165) is 0 Å². The predicted octanol–water partition coefficient (Wildman–Crippen LogP) is 2.60. The summed E-state index contributed by atoms with van der Waals surface area (Å²) in [6, 6.07) is 11.7. The molecule has 2 rings (SSSR count). The number of anilines is 1. The van der Waals surface area contributed by atoms with Gasteiger partial charge >= 0.3 is 5.97 Å². The van der Waals surface area contributed by atoms with Gasteiger partial charge in [-0.2, -0.15) is 0 Å². The van der Waals surface area contributed by atoms with Gasteiger partial charge in [0, 0.05) is 37.0 Å². The van der Waals surface area contributed by atoms with E-state index in [2.05, 4.69) is 5.32 Å². The molecule has 2 amide bonds. The van der Waals surface area contributed by atoms with Crippen molar-refractivity contribution in [1.29, 1.82) is 0 Å². The van der Waals surface area contributed by atoms with Gasteiger partial charge in [-0.15, -0.1) is 0 Å². The second-order valence-electron chi connectivity index (χ2n) is 6.35. The molecule has 0 bridgehead atoms. The maximum atomic E-state index is 12.0. The van der Waals surface area contributed by atoms with E-state index in [0.29, 0.717) is 28.3 Å². The molecule has 0 aliphatic carbocycles. The van der Waals surface area contributed by atoms with Gasteiger partial charge in [-0.3, -0.25) is 9.59 Å². The fourth-order valence-electron chi connectivity index (χ4n) is 2.54. The van der Waals surface area contributed by atoms with Gasteiger partial charge in [0.1, 0.15) is 0 Å². The molecule has 0 atom stereocenters. The number of para-hydroxylation sites is 1. The highest BCUT2D eigenvalue weighted by Gasteiger charge is 2.10. The van der Waals surface area contributed by atoms with Gasteiger partial charge in [-0.1, -0.05) is 12.1 Å². The maximum absolute atomic E-state index is 12.0. The van der Waals surface area contributed by atoms with Crippen LogP contribution in [0.1, 0.15) is 15.9 Å². The zero-order valence-electron chi connectivity index (χ0n) is 17.3. The molecule has 2 aromatic rings. The Morgan fingerprint density at radius 1 is 1.00 bits per heavy atom. The van der Waals surface area contributed by atoms with Crippen molar-refractivity contribution in [3.63, 3.8) is 0 Å². The molecule has 0 heterocycles. The number of amides is 2. The minimum atomic E-state index is -0.679. The first kappa shape index (κ1) is 22.5. The number of benzene rings is 2. The fraction of sp³-hybridized carbons (Fsp3) is 0.227. The zero-order valence-corrected chi connectivity index (χ0v) is 17.3. The Bertz CT molecular complexity index is 935. The number of esters is 1. The van der Waals surface area contributed by atoms with Gasteiger partial charge < -0.3 is 24.4 Å². The van der Waals surface area contributed by atoms with Crippen molar-refractivity contribution in [2.75, 3.05) is 40.2 Å². The molecule has 158 valence electrons. The number of hydrogen-bond donors (Lipinski definition) is 1. The van der Waals surface area contributed by atoms with Crippen LogP contribution in [0.2, 0.25) is 0 Å². The number of hydrogen-bond acceptors (Lipinski definition) is 6. The van der Waals surface area contributed by atoms with Crippen molar-refractivity contribution in [1.82, 2.24) is 4.90 Å². The van der Waals surface area contributed by atoms with Gasteiger partial charge in [0.2, 0.25) is 0 Å². The van der Waals surface area contributed by atoms with E-state index in [9.17, 15) is 14.4 Å². The molecule has 8 heteroatoms. The molecule has 0 aliphatic heterocycles. The standard InChI is InChI=1S/C22H24N2O6/c1-24(2)22(27)16-8-11-17(12-9-16)23-19(25)14-30-20(26)13-10-15-6-5-7-18(28-3)21(15)29-4/h5-13H,14H2,1-4H3,(H,23,25)/b13-10+. The summed E-state index contributed by atoms with van der Waals surface area (Å²) in [4.78, 5) is 37.2. The summed E-state index contributed by atoms with van der Waals surface area (Å²) in [5.41, 5.74) is 1.62. The third-order valence-electron chi connectivity index (χ3n) is 4.00. The number of nitrogens with zero attached hydrogens (tertiary/aromatic N) is 1. The van der Waals surface area contributed by atoms with Crippen LogP contribution >= 0.6 is 0 Å². The lowest BCUT2D eigenvalue weighted by molar-refractivity contribution is -0.142. The van der Waals surface area contributed by atoms with Gasteiger partial charge in [-0.05, 0) is 36.4 Å². The summed E-state index contributed by atoms with van der Waals surface area (Å²) in [7, 11) is 6.34. The number of carbonyl (C=O) groups is 3. The third kappa shape index (κ3) is 6.10. The number of ether oxygens (including phenoxy) is 3. The first-order valence-electron chi connectivity index (χ1n) is 9.03. The molecule has 0 aromatic heterocycles. The van der Waals surface area contributed by atoms with Gasteiger partial charge in [0.15, 0.2) is 18.1 Å². The van der Waals surface area contributed by atoms with Crippen LogP contribution in [-0.4, -0.2) is 57.6 Å². The Balaban J connectivity index is 1.88. The van der Waals surface area contributed by atoms with Crippen molar-refractivity contribution >= 4 is 29.5 Å². The van der Waals surface area contributed by atoms with E-state index >= 15 is 0 Å². The Labute approximate surface area is 175 Å². The minimum absolute atomic E-state index is 0.138. The van der Waals surface area contributed by atoms with Crippen molar-refractivity contribution < 1.29 is 28.6 Å². The number of carbonyl (C=O) groups excluding carboxylic acids is 3. The van der Waals surface area contributed by atoms with E-state index in [-0.39, 0.29) is 5.91 Å². The highest BCUT2D eigenvalue weighted by Crippen LogP contribution is 2.31. The van der Waals surface area contributed by atoms with Gasteiger partial charge in [0.05, 0.1) is 14.2 Å². The molecule has 30 heavy (non-hydrogen) atoms. The summed E-state index contributed by atoms with van der Waals surface area (Å²) in [6.07, 6.45) is 2.72. The molecular formula is C22H24N2O6. The van der Waals surface area contributed by atoms with Crippen LogP contribution in [-0.2, 0) is 14.3 Å². The Morgan fingerprint density at radius 2 is 1.70 bits per heavy atom. The molecule has 0 fully saturated rings. The van der Waals surface area contributed by atoms with Crippen LogP contribution < -0.4 is 14.8 Å². The third-order valence-corrected chi connectivity index (χ3v) is 4.00. The maximum Gasteiger partial charge on any atom is 0.331 e. The molecule has 0 unspecified atom stereocenters. The fourth-order valence-corrected chi connectivity index (χ4v) is 2.54. The smallest absolute Gasteiger partial charge is 0.331 e. The molecule has 1 N–H and O–H groups in total. The first-order chi connectivity index (χ1) is 14.3. The van der Waals surface area contributed by atoms with E-state index in [4.69, 9.17) is 14.2 Å². The van der Waals surface area contributed by atoms with Crippen LogP contribution in [0.4, 0.5) is 5.69 Å². The molecule has 0 aliphatic rings. The number of nitrogens with one attached hydrogen (secondary N) is 1. The van der Waals surface area contributed by atoms with E-state index in [1.807, 2.05) is 0 Å². The van der Waals surface area contributed by atoms with Crippen LogP contribution in [0.15, 0.2) is 48.5 Å². The normalized spacial score (nSPS) is 10.4. The van der Waals surface area contributed by atoms with Gasteiger partial charge in [0.25, 0.3) is 11.8 Å². The summed E-state index contributed by atoms with van der Waals surface area (Å²) < 4.78 is 15.4. The summed E-state index contributed by atoms with van der Waals surface area (Å²) >= 11 is 0. The topological polar surface area (TPSA) is 94.2 Å². The largest absolute Gasteiger partial charge is 0.493 e. The summed E-state index contributed by atoms with van der Waals surface area (Å²) in [5.74, 6) is -0.297. The van der Waals surface area contributed by atoms with E-state index in [1.165, 1.54) is 31.3 Å². The average Bonchev–Trinajstić information content (AvgIpc) is 2.75. The lowest BCUT2D eigenvalue weighted by atomic mass is 10.1. The lowest BCUT2D eigenvalue weighted by Gasteiger charge is -2.11. The van der Waals surface area contributed by atoms with Crippen LogP contribution in [0, 0.1) is 0 Å². The molecule has 8 nitrogen and oxygen atoms in total. The second kappa shape index (κ2) is 10.7. The Hall–Kier alpha value is -3.81.